The summed E-state index contributed by atoms with van der Waals surface area (Å²) in [5, 5.41) is 15.8. The number of aromatic nitrogens is 4. The van der Waals surface area contributed by atoms with Crippen LogP contribution in [0.4, 0.5) is 0 Å². The predicted molar refractivity (Wildman–Crippen MR) is 104 cm³/mol. The number of nitrogens with zero attached hydrogens (tertiary/aromatic N) is 5. The first kappa shape index (κ1) is 19.8. The summed E-state index contributed by atoms with van der Waals surface area (Å²) in [6.07, 6.45) is 0. The van der Waals surface area contributed by atoms with Crippen molar-refractivity contribution in [3.8, 4) is 0 Å². The summed E-state index contributed by atoms with van der Waals surface area (Å²) in [4.78, 5) is 10.2. The quantitative estimate of drug-likeness (QED) is 0.415. The monoisotopic (exact) mass is 449 g/mol. The molecule has 2 aromatic rings. The smallest absolute Gasteiger partial charge is 0.191 e. The normalized spacial score (nSPS) is 11.3. The maximum absolute atomic E-state index is 4.56. The molecule has 0 amide bonds. The van der Waals surface area contributed by atoms with Crippen LogP contribution < -0.4 is 10.6 Å². The van der Waals surface area contributed by atoms with E-state index in [1.165, 1.54) is 4.88 Å². The lowest BCUT2D eigenvalue weighted by Crippen LogP contribution is -2.36. The summed E-state index contributed by atoms with van der Waals surface area (Å²) in [7, 11) is 1.95. The zero-order chi connectivity index (χ0) is 16.1. The molecule has 0 aliphatic carbocycles. The fourth-order valence-electron chi connectivity index (χ4n) is 1.98. The first-order chi connectivity index (χ1) is 10.5. The number of hydrogen-bond donors (Lipinski definition) is 2. The molecule has 2 N–H and O–H groups in total. The second-order valence-corrected chi connectivity index (χ2v) is 6.30. The molecule has 2 aromatic heterocycles. The minimum atomic E-state index is 0. The highest BCUT2D eigenvalue weighted by atomic mass is 127. The van der Waals surface area contributed by atoms with Crippen molar-refractivity contribution in [2.24, 2.45) is 12.0 Å². The molecule has 7 nitrogen and oxygen atoms in total. The second-order valence-electron chi connectivity index (χ2n) is 5.01. The Bertz CT molecular complexity index is 662. The lowest BCUT2D eigenvalue weighted by atomic mass is 10.4. The zero-order valence-electron chi connectivity index (χ0n) is 14.2. The fourth-order valence-corrected chi connectivity index (χ4v) is 2.86. The van der Waals surface area contributed by atoms with E-state index in [9.17, 15) is 0 Å². The molecule has 0 bridgehead atoms. The number of aryl methyl sites for hydroxylation is 3. The van der Waals surface area contributed by atoms with Crippen LogP contribution in [0.15, 0.2) is 4.99 Å². The van der Waals surface area contributed by atoms with Crippen LogP contribution in [0, 0.1) is 20.8 Å². The minimum Gasteiger partial charge on any atom is -0.357 e. The van der Waals surface area contributed by atoms with Gasteiger partial charge < -0.3 is 15.2 Å². The van der Waals surface area contributed by atoms with Crippen molar-refractivity contribution in [3.05, 3.63) is 27.2 Å². The van der Waals surface area contributed by atoms with Crippen LogP contribution in [0.25, 0.3) is 0 Å². The average molecular weight is 449 g/mol. The van der Waals surface area contributed by atoms with E-state index < -0.39 is 0 Å². The number of aliphatic imine (C=N–C) groups is 1. The van der Waals surface area contributed by atoms with E-state index in [0.717, 1.165) is 41.4 Å². The number of guanidine groups is 1. The summed E-state index contributed by atoms with van der Waals surface area (Å²) < 4.78 is 1.95. The lowest BCUT2D eigenvalue weighted by Gasteiger charge is -2.10. The van der Waals surface area contributed by atoms with Crippen molar-refractivity contribution in [1.29, 1.82) is 0 Å². The molecule has 0 aromatic carbocycles. The van der Waals surface area contributed by atoms with Crippen LogP contribution in [0.2, 0.25) is 0 Å². The Kier molecular flexibility index (Phi) is 7.89. The van der Waals surface area contributed by atoms with Gasteiger partial charge in [-0.15, -0.1) is 45.5 Å². The van der Waals surface area contributed by atoms with E-state index >= 15 is 0 Å². The Labute approximate surface area is 158 Å². The maximum atomic E-state index is 4.56. The summed E-state index contributed by atoms with van der Waals surface area (Å²) in [5.74, 6) is 2.51. The average Bonchev–Trinajstić information content (AvgIpc) is 2.97. The molecule has 9 heteroatoms. The van der Waals surface area contributed by atoms with Crippen molar-refractivity contribution in [3.63, 3.8) is 0 Å². The van der Waals surface area contributed by atoms with Gasteiger partial charge in [-0.25, -0.2) is 9.98 Å². The third-order valence-corrected chi connectivity index (χ3v) is 4.39. The van der Waals surface area contributed by atoms with Gasteiger partial charge in [0, 0.05) is 18.5 Å². The second kappa shape index (κ2) is 9.16. The topological polar surface area (TPSA) is 80.0 Å². The molecule has 0 atom stereocenters. The third kappa shape index (κ3) is 5.41. The van der Waals surface area contributed by atoms with E-state index in [-0.39, 0.29) is 24.0 Å². The molecular weight excluding hydrogens is 425 g/mol. The van der Waals surface area contributed by atoms with E-state index in [4.69, 9.17) is 0 Å². The van der Waals surface area contributed by atoms with Crippen LogP contribution in [0.5, 0.6) is 0 Å². The lowest BCUT2D eigenvalue weighted by molar-refractivity contribution is 0.756. The molecule has 0 unspecified atom stereocenters. The Balaban J connectivity index is 0.00000264. The molecule has 0 fully saturated rings. The van der Waals surface area contributed by atoms with Gasteiger partial charge in [-0.05, 0) is 27.7 Å². The molecule has 0 saturated heterocycles. The van der Waals surface area contributed by atoms with Gasteiger partial charge >= 0.3 is 0 Å². The standard InChI is InChI=1S/C14H23N7S.HI/c1-6-15-14(16-7-12-9(2)18-11(4)22-12)17-8-13-20-19-10(3)21(13)5;/h6-8H2,1-5H3,(H2,15,16,17);1H. The molecule has 0 aliphatic rings. The molecule has 0 aliphatic heterocycles. The van der Waals surface area contributed by atoms with Crippen molar-refractivity contribution in [1.82, 2.24) is 30.4 Å². The van der Waals surface area contributed by atoms with Gasteiger partial charge in [-0.1, -0.05) is 0 Å². The zero-order valence-corrected chi connectivity index (χ0v) is 17.3. The minimum absolute atomic E-state index is 0. The van der Waals surface area contributed by atoms with Gasteiger partial charge in [0.05, 0.1) is 17.2 Å². The highest BCUT2D eigenvalue weighted by molar-refractivity contribution is 14.0. The van der Waals surface area contributed by atoms with E-state index in [0.29, 0.717) is 6.54 Å². The van der Waals surface area contributed by atoms with Gasteiger partial charge in [0.25, 0.3) is 0 Å². The summed E-state index contributed by atoms with van der Waals surface area (Å²) in [5.41, 5.74) is 1.08. The molecule has 0 spiro atoms. The third-order valence-electron chi connectivity index (χ3n) is 3.32. The van der Waals surface area contributed by atoms with Gasteiger partial charge in [0.2, 0.25) is 0 Å². The summed E-state index contributed by atoms with van der Waals surface area (Å²) in [6.45, 7) is 10.1. The number of halogens is 1. The van der Waals surface area contributed by atoms with Crippen molar-refractivity contribution in [2.45, 2.75) is 40.8 Å². The van der Waals surface area contributed by atoms with Gasteiger partial charge in [0.15, 0.2) is 11.8 Å². The van der Waals surface area contributed by atoms with E-state index in [2.05, 4.69) is 30.8 Å². The number of nitrogens with one attached hydrogen (secondary N) is 2. The number of hydrogen-bond acceptors (Lipinski definition) is 5. The highest BCUT2D eigenvalue weighted by Gasteiger charge is 2.07. The van der Waals surface area contributed by atoms with Gasteiger partial charge in [0.1, 0.15) is 12.4 Å². The van der Waals surface area contributed by atoms with Crippen LogP contribution in [-0.2, 0) is 20.1 Å². The SMILES string of the molecule is CCNC(=NCc1nnc(C)n1C)NCc1sc(C)nc1C.I. The molecule has 0 saturated carbocycles. The molecule has 2 rings (SSSR count). The number of rotatable bonds is 5. The molecule has 0 radical (unpaired) electrons. The Hall–Kier alpha value is -1.23. The van der Waals surface area contributed by atoms with Crippen LogP contribution in [-0.4, -0.2) is 32.3 Å². The highest BCUT2D eigenvalue weighted by Crippen LogP contribution is 2.16. The summed E-state index contributed by atoms with van der Waals surface area (Å²) >= 11 is 1.71. The number of thiazole rings is 1. The van der Waals surface area contributed by atoms with Crippen molar-refractivity contribution in [2.75, 3.05) is 6.54 Å². The van der Waals surface area contributed by atoms with Gasteiger partial charge in [-0.3, -0.25) is 0 Å². The van der Waals surface area contributed by atoms with E-state index in [1.807, 2.05) is 39.3 Å². The van der Waals surface area contributed by atoms with Gasteiger partial charge in [-0.2, -0.15) is 0 Å². The molecular formula is C14H24IN7S. The first-order valence-electron chi connectivity index (χ1n) is 7.31. The van der Waals surface area contributed by atoms with Crippen molar-refractivity contribution >= 4 is 41.3 Å². The fraction of sp³-hybridized carbons (Fsp3) is 0.571. The Morgan fingerprint density at radius 2 is 1.96 bits per heavy atom. The van der Waals surface area contributed by atoms with Crippen molar-refractivity contribution < 1.29 is 0 Å². The largest absolute Gasteiger partial charge is 0.357 e. The van der Waals surface area contributed by atoms with E-state index in [1.54, 1.807) is 11.3 Å². The molecule has 23 heavy (non-hydrogen) atoms. The predicted octanol–water partition coefficient (Wildman–Crippen LogP) is 2.07. The maximum Gasteiger partial charge on any atom is 0.191 e. The Morgan fingerprint density at radius 3 is 2.48 bits per heavy atom. The van der Waals surface area contributed by atoms with Crippen LogP contribution in [0.3, 0.4) is 0 Å². The summed E-state index contributed by atoms with van der Waals surface area (Å²) in [6, 6.07) is 0. The first-order valence-corrected chi connectivity index (χ1v) is 8.12. The molecule has 2 heterocycles. The Morgan fingerprint density at radius 1 is 1.22 bits per heavy atom. The van der Waals surface area contributed by atoms with Crippen LogP contribution in [0.1, 0.15) is 34.2 Å². The molecule has 128 valence electrons. The van der Waals surface area contributed by atoms with Crippen LogP contribution >= 0.6 is 35.3 Å².